The van der Waals surface area contributed by atoms with E-state index in [0.29, 0.717) is 43.2 Å². The molecule has 1 aliphatic rings. The van der Waals surface area contributed by atoms with Gasteiger partial charge in [-0.2, -0.15) is 15.0 Å². The maximum atomic E-state index is 12.5. The Bertz CT molecular complexity index is 1140. The van der Waals surface area contributed by atoms with Crippen molar-refractivity contribution in [3.63, 3.8) is 0 Å². The normalized spacial score (nSPS) is 15.9. The number of aromatic nitrogens is 3. The summed E-state index contributed by atoms with van der Waals surface area (Å²) in [5, 5.41) is 15.9. The topological polar surface area (TPSA) is 133 Å². The lowest BCUT2D eigenvalue weighted by atomic mass is 9.96. The van der Waals surface area contributed by atoms with Crippen molar-refractivity contribution in [3.8, 4) is 0 Å². The second kappa shape index (κ2) is 10.8. The minimum absolute atomic E-state index is 0.00827. The van der Waals surface area contributed by atoms with Gasteiger partial charge in [-0.05, 0) is 57.2 Å². The summed E-state index contributed by atoms with van der Waals surface area (Å²) in [5.74, 6) is 0.128. The number of nitrogens with one attached hydrogen (secondary N) is 2. The summed E-state index contributed by atoms with van der Waals surface area (Å²) >= 11 is 0. The van der Waals surface area contributed by atoms with Gasteiger partial charge < -0.3 is 30.3 Å². The first-order chi connectivity index (χ1) is 17.1. The molecule has 3 rings (SSSR count). The summed E-state index contributed by atoms with van der Waals surface area (Å²) < 4.78 is 5.50. The number of nitrogens with zero attached hydrogens (tertiary/aromatic N) is 5. The van der Waals surface area contributed by atoms with E-state index >= 15 is 0 Å². The molecule has 202 valence electrons. The van der Waals surface area contributed by atoms with Crippen molar-refractivity contribution >= 4 is 35.6 Å². The number of carboxylic acid groups (broad SMARTS) is 1. The number of carbonyl (C=O) groups is 2. The molecular formula is C26H39N7O4. The second-order valence-corrected chi connectivity index (χ2v) is 11.7. The molecule has 1 fully saturated rings. The average Bonchev–Trinajstić information content (AvgIpc) is 3.21. The third-order valence-electron chi connectivity index (χ3n) is 5.58. The van der Waals surface area contributed by atoms with Crippen LogP contribution in [0.4, 0.5) is 28.3 Å². The SMILES string of the molecule is Cc1ccc(C(=O)O)cc1Nc1nc(N[C@@H]2CCN(C(=O)OC(C)(C)C)C2)nc(N(C)CC(C)(C)C)n1. The van der Waals surface area contributed by atoms with Crippen molar-refractivity contribution in [1.82, 2.24) is 19.9 Å². The summed E-state index contributed by atoms with van der Waals surface area (Å²) in [7, 11) is 1.92. The number of rotatable bonds is 7. The van der Waals surface area contributed by atoms with E-state index in [4.69, 9.17) is 4.74 Å². The molecule has 1 saturated heterocycles. The Morgan fingerprint density at radius 1 is 1.14 bits per heavy atom. The Hall–Kier alpha value is -3.63. The molecule has 0 saturated carbocycles. The molecular weight excluding hydrogens is 474 g/mol. The fourth-order valence-corrected chi connectivity index (χ4v) is 4.00. The number of hydrogen-bond donors (Lipinski definition) is 3. The van der Waals surface area contributed by atoms with Gasteiger partial charge in [0.05, 0.1) is 5.56 Å². The Balaban J connectivity index is 1.85. The van der Waals surface area contributed by atoms with E-state index in [2.05, 4.69) is 46.4 Å². The van der Waals surface area contributed by atoms with Gasteiger partial charge in [0.15, 0.2) is 0 Å². The van der Waals surface area contributed by atoms with E-state index in [1.807, 2.05) is 39.6 Å². The summed E-state index contributed by atoms with van der Waals surface area (Å²) in [4.78, 5) is 41.4. The van der Waals surface area contributed by atoms with Gasteiger partial charge in [0.25, 0.3) is 0 Å². The monoisotopic (exact) mass is 513 g/mol. The van der Waals surface area contributed by atoms with Crippen molar-refractivity contribution in [1.29, 1.82) is 0 Å². The van der Waals surface area contributed by atoms with Gasteiger partial charge in [-0.1, -0.05) is 26.8 Å². The Morgan fingerprint density at radius 2 is 1.81 bits per heavy atom. The molecule has 11 nitrogen and oxygen atoms in total. The van der Waals surface area contributed by atoms with Gasteiger partial charge in [-0.15, -0.1) is 0 Å². The van der Waals surface area contributed by atoms with Crippen LogP contribution >= 0.6 is 0 Å². The Labute approximate surface area is 218 Å². The van der Waals surface area contributed by atoms with E-state index in [9.17, 15) is 14.7 Å². The molecule has 2 aromatic rings. The lowest BCUT2D eigenvalue weighted by molar-refractivity contribution is 0.0293. The number of amides is 1. The van der Waals surface area contributed by atoms with Gasteiger partial charge in [-0.3, -0.25) is 0 Å². The van der Waals surface area contributed by atoms with Crippen LogP contribution in [-0.2, 0) is 4.74 Å². The zero-order valence-corrected chi connectivity index (χ0v) is 23.0. The predicted molar refractivity (Wildman–Crippen MR) is 144 cm³/mol. The number of hydrogen-bond acceptors (Lipinski definition) is 9. The third-order valence-corrected chi connectivity index (χ3v) is 5.58. The van der Waals surface area contributed by atoms with Crippen molar-refractivity contribution in [2.45, 2.75) is 66.5 Å². The van der Waals surface area contributed by atoms with Gasteiger partial charge in [0, 0.05) is 38.4 Å². The number of aromatic carboxylic acids is 1. The standard InChI is InChI=1S/C26H39N7O4/c1-16-9-10-17(20(34)35)13-19(16)28-22-29-21(30-23(31-22)32(8)15-25(2,3)4)27-18-11-12-33(14-18)24(36)37-26(5,6)7/h9-10,13,18H,11-12,14-15H2,1-8H3,(H,34,35)(H2,27,28,29,30,31)/t18-/m1/s1. The van der Waals surface area contributed by atoms with Crippen LogP contribution in [0.25, 0.3) is 0 Å². The fourth-order valence-electron chi connectivity index (χ4n) is 4.00. The molecule has 1 atom stereocenters. The second-order valence-electron chi connectivity index (χ2n) is 11.7. The van der Waals surface area contributed by atoms with Crippen LogP contribution in [0.2, 0.25) is 0 Å². The van der Waals surface area contributed by atoms with E-state index in [1.54, 1.807) is 23.1 Å². The summed E-state index contributed by atoms with van der Waals surface area (Å²) in [5.41, 5.74) is 1.07. The van der Waals surface area contributed by atoms with Crippen molar-refractivity contribution in [2.24, 2.45) is 5.41 Å². The highest BCUT2D eigenvalue weighted by molar-refractivity contribution is 5.89. The van der Waals surface area contributed by atoms with E-state index in [1.165, 1.54) is 0 Å². The largest absolute Gasteiger partial charge is 0.478 e. The smallest absolute Gasteiger partial charge is 0.410 e. The molecule has 1 amide bonds. The zero-order valence-electron chi connectivity index (χ0n) is 23.0. The van der Waals surface area contributed by atoms with Crippen LogP contribution in [0.3, 0.4) is 0 Å². The van der Waals surface area contributed by atoms with Crippen LogP contribution in [0.5, 0.6) is 0 Å². The maximum Gasteiger partial charge on any atom is 0.410 e. The average molecular weight is 514 g/mol. The van der Waals surface area contributed by atoms with Gasteiger partial charge in [-0.25, -0.2) is 9.59 Å². The van der Waals surface area contributed by atoms with Crippen LogP contribution in [-0.4, -0.2) is 75.3 Å². The van der Waals surface area contributed by atoms with Crippen LogP contribution in [0, 0.1) is 12.3 Å². The highest BCUT2D eigenvalue weighted by atomic mass is 16.6. The molecule has 0 radical (unpaired) electrons. The molecule has 0 aliphatic carbocycles. The molecule has 1 aliphatic heterocycles. The van der Waals surface area contributed by atoms with Gasteiger partial charge >= 0.3 is 12.1 Å². The molecule has 37 heavy (non-hydrogen) atoms. The lowest BCUT2D eigenvalue weighted by Gasteiger charge is -2.27. The zero-order chi connectivity index (χ0) is 27.5. The van der Waals surface area contributed by atoms with Crippen LogP contribution < -0.4 is 15.5 Å². The van der Waals surface area contributed by atoms with Crippen molar-refractivity contribution < 1.29 is 19.4 Å². The van der Waals surface area contributed by atoms with Gasteiger partial charge in [0.1, 0.15) is 5.60 Å². The fraction of sp³-hybridized carbons (Fsp3) is 0.577. The lowest BCUT2D eigenvalue weighted by Crippen LogP contribution is -2.36. The van der Waals surface area contributed by atoms with Crippen molar-refractivity contribution in [2.75, 3.05) is 42.2 Å². The number of ether oxygens (including phenoxy) is 1. The minimum Gasteiger partial charge on any atom is -0.478 e. The van der Waals surface area contributed by atoms with Crippen LogP contribution in [0.15, 0.2) is 18.2 Å². The summed E-state index contributed by atoms with van der Waals surface area (Å²) in [6.07, 6.45) is 0.384. The molecule has 0 bridgehead atoms. The third kappa shape index (κ3) is 8.19. The number of carbonyl (C=O) groups excluding carboxylic acids is 1. The minimum atomic E-state index is -1.01. The highest BCUT2D eigenvalue weighted by Crippen LogP contribution is 2.25. The number of aryl methyl sites for hydroxylation is 1. The molecule has 0 spiro atoms. The summed E-state index contributed by atoms with van der Waals surface area (Å²) in [6.45, 7) is 15.6. The molecule has 2 heterocycles. The predicted octanol–water partition coefficient (Wildman–Crippen LogP) is 4.53. The quantitative estimate of drug-likeness (QED) is 0.485. The Kier molecular flexibility index (Phi) is 8.14. The number of benzene rings is 1. The molecule has 1 aromatic heterocycles. The molecule has 3 N–H and O–H groups in total. The molecule has 11 heteroatoms. The van der Waals surface area contributed by atoms with E-state index in [0.717, 1.165) is 12.0 Å². The van der Waals surface area contributed by atoms with Crippen molar-refractivity contribution in [3.05, 3.63) is 29.3 Å². The first-order valence-electron chi connectivity index (χ1n) is 12.4. The number of likely N-dealkylation sites (tertiary alicyclic amines) is 1. The molecule has 0 unspecified atom stereocenters. The first kappa shape index (κ1) is 27.9. The number of anilines is 4. The van der Waals surface area contributed by atoms with E-state index < -0.39 is 11.6 Å². The summed E-state index contributed by atoms with van der Waals surface area (Å²) in [6, 6.07) is 4.80. The highest BCUT2D eigenvalue weighted by Gasteiger charge is 2.30. The Morgan fingerprint density at radius 3 is 2.43 bits per heavy atom. The van der Waals surface area contributed by atoms with Gasteiger partial charge in [0.2, 0.25) is 17.8 Å². The maximum absolute atomic E-state index is 12.5. The van der Waals surface area contributed by atoms with E-state index in [-0.39, 0.29) is 23.1 Å². The number of carboxylic acids is 1. The van der Waals surface area contributed by atoms with Crippen LogP contribution in [0.1, 0.15) is 63.9 Å². The molecule has 1 aromatic carbocycles. The first-order valence-corrected chi connectivity index (χ1v) is 12.4.